The fraction of sp³-hybridized carbons (Fsp3) is 0.182. The number of anilines is 2. The van der Waals surface area contributed by atoms with Crippen LogP contribution in [0.3, 0.4) is 0 Å². The molecule has 10 heteroatoms. The van der Waals surface area contributed by atoms with E-state index in [0.717, 1.165) is 22.2 Å². The molecule has 0 amide bonds. The lowest BCUT2D eigenvalue weighted by Crippen LogP contribution is -2.06. The van der Waals surface area contributed by atoms with Crippen LogP contribution in [0.4, 0.5) is 11.5 Å². The highest BCUT2D eigenvalue weighted by molar-refractivity contribution is 5.79. The minimum Gasteiger partial charge on any atom is -0.475 e. The Morgan fingerprint density at radius 1 is 1.00 bits per heavy atom. The van der Waals surface area contributed by atoms with Crippen LogP contribution in [0.1, 0.15) is 5.56 Å². The molecule has 32 heavy (non-hydrogen) atoms. The summed E-state index contributed by atoms with van der Waals surface area (Å²) in [5.41, 5.74) is 3.83. The van der Waals surface area contributed by atoms with Gasteiger partial charge in [-0.2, -0.15) is 0 Å². The van der Waals surface area contributed by atoms with Crippen molar-refractivity contribution in [1.82, 2.24) is 34.9 Å². The number of ether oxygens (including phenoxy) is 2. The van der Waals surface area contributed by atoms with Crippen molar-refractivity contribution in [3.63, 3.8) is 0 Å². The van der Waals surface area contributed by atoms with Crippen molar-refractivity contribution in [2.24, 2.45) is 0 Å². The monoisotopic (exact) mass is 428 g/mol. The van der Waals surface area contributed by atoms with Gasteiger partial charge in [0, 0.05) is 36.6 Å². The van der Waals surface area contributed by atoms with Crippen LogP contribution >= 0.6 is 0 Å². The van der Waals surface area contributed by atoms with Crippen molar-refractivity contribution in [1.29, 1.82) is 0 Å². The van der Waals surface area contributed by atoms with E-state index in [1.807, 2.05) is 30.3 Å². The Balaban J connectivity index is 1.37. The van der Waals surface area contributed by atoms with Gasteiger partial charge >= 0.3 is 0 Å². The van der Waals surface area contributed by atoms with E-state index < -0.39 is 0 Å². The number of benzene rings is 1. The number of nitrogens with one attached hydrogen (secondary N) is 1. The molecule has 0 fully saturated rings. The van der Waals surface area contributed by atoms with E-state index in [2.05, 4.69) is 41.6 Å². The van der Waals surface area contributed by atoms with Crippen LogP contribution in [-0.4, -0.2) is 55.3 Å². The molecule has 10 nitrogen and oxygen atoms in total. The summed E-state index contributed by atoms with van der Waals surface area (Å²) in [6.45, 7) is 1.42. The Kier molecular flexibility index (Phi) is 5.50. The van der Waals surface area contributed by atoms with Crippen molar-refractivity contribution >= 4 is 33.7 Å². The first-order chi connectivity index (χ1) is 15.8. The first-order valence-corrected chi connectivity index (χ1v) is 10.0. The summed E-state index contributed by atoms with van der Waals surface area (Å²) in [6.07, 6.45) is 5.07. The van der Waals surface area contributed by atoms with Crippen molar-refractivity contribution in [3.8, 4) is 5.88 Å². The van der Waals surface area contributed by atoms with E-state index >= 15 is 0 Å². The SMILES string of the molecule is COCCOc1cc(Nc2cnc3nnn(Cc4ccc5cccnc5c4)c3n2)ccn1. The summed E-state index contributed by atoms with van der Waals surface area (Å²) in [7, 11) is 1.63. The fourth-order valence-electron chi connectivity index (χ4n) is 3.25. The Bertz CT molecular complexity index is 1370. The zero-order valence-corrected chi connectivity index (χ0v) is 17.3. The molecule has 160 valence electrons. The Morgan fingerprint density at radius 2 is 1.97 bits per heavy atom. The molecule has 4 aromatic heterocycles. The van der Waals surface area contributed by atoms with Gasteiger partial charge in [-0.3, -0.25) is 4.98 Å². The lowest BCUT2D eigenvalue weighted by atomic mass is 10.1. The Hall–Kier alpha value is -4.18. The molecule has 1 aromatic carbocycles. The lowest BCUT2D eigenvalue weighted by Gasteiger charge is -2.08. The van der Waals surface area contributed by atoms with Gasteiger partial charge in [-0.1, -0.05) is 23.4 Å². The van der Waals surface area contributed by atoms with Gasteiger partial charge in [0.25, 0.3) is 0 Å². The van der Waals surface area contributed by atoms with E-state index in [9.17, 15) is 0 Å². The van der Waals surface area contributed by atoms with Gasteiger partial charge in [-0.15, -0.1) is 5.10 Å². The number of rotatable bonds is 8. The number of nitrogens with zero attached hydrogens (tertiary/aromatic N) is 7. The van der Waals surface area contributed by atoms with Crippen LogP contribution in [0.5, 0.6) is 5.88 Å². The summed E-state index contributed by atoms with van der Waals surface area (Å²) in [5, 5.41) is 12.7. The molecule has 0 saturated heterocycles. The average Bonchev–Trinajstić information content (AvgIpc) is 3.21. The number of hydrogen-bond acceptors (Lipinski definition) is 9. The highest BCUT2D eigenvalue weighted by atomic mass is 16.5. The predicted molar refractivity (Wildman–Crippen MR) is 119 cm³/mol. The number of fused-ring (bicyclic) bond motifs is 2. The number of pyridine rings is 2. The molecule has 4 heterocycles. The number of hydrogen-bond donors (Lipinski definition) is 1. The van der Waals surface area contributed by atoms with Gasteiger partial charge in [-0.05, 0) is 23.8 Å². The van der Waals surface area contributed by atoms with E-state index in [1.54, 1.807) is 36.4 Å². The highest BCUT2D eigenvalue weighted by Crippen LogP contribution is 2.20. The molecule has 0 radical (unpaired) electrons. The standard InChI is InChI=1S/C22H20N8O2/c1-31-9-10-32-20-12-17(6-8-24-20)26-19-13-25-21-22(27-19)30(29-28-21)14-15-4-5-16-3-2-7-23-18(16)11-15/h2-8,11-13H,9-10,14H2,1H3,(H,24,26,27). The van der Waals surface area contributed by atoms with E-state index in [0.29, 0.717) is 42.8 Å². The van der Waals surface area contributed by atoms with Crippen LogP contribution < -0.4 is 10.1 Å². The summed E-state index contributed by atoms with van der Waals surface area (Å²) in [6, 6.07) is 13.7. The smallest absolute Gasteiger partial charge is 0.221 e. The molecule has 0 saturated carbocycles. The minimum atomic E-state index is 0.424. The van der Waals surface area contributed by atoms with Crippen LogP contribution in [0.15, 0.2) is 61.1 Å². The molecule has 0 aliphatic heterocycles. The van der Waals surface area contributed by atoms with Crippen LogP contribution in [-0.2, 0) is 11.3 Å². The van der Waals surface area contributed by atoms with Crippen LogP contribution in [0, 0.1) is 0 Å². The molecule has 0 bridgehead atoms. The number of methoxy groups -OCH3 is 1. The molecule has 0 spiro atoms. The third-order valence-electron chi connectivity index (χ3n) is 4.77. The average molecular weight is 428 g/mol. The molecule has 0 aliphatic rings. The third-order valence-corrected chi connectivity index (χ3v) is 4.77. The van der Waals surface area contributed by atoms with Crippen molar-refractivity contribution < 1.29 is 9.47 Å². The second kappa shape index (κ2) is 8.90. The van der Waals surface area contributed by atoms with E-state index in [1.165, 1.54) is 0 Å². The largest absolute Gasteiger partial charge is 0.475 e. The second-order valence-corrected chi connectivity index (χ2v) is 7.03. The second-order valence-electron chi connectivity index (χ2n) is 7.03. The lowest BCUT2D eigenvalue weighted by molar-refractivity contribution is 0.144. The first kappa shape index (κ1) is 19.8. The molecule has 1 N–H and O–H groups in total. The van der Waals surface area contributed by atoms with Gasteiger partial charge in [0.05, 0.1) is 24.9 Å². The van der Waals surface area contributed by atoms with E-state index in [-0.39, 0.29) is 0 Å². The Morgan fingerprint density at radius 3 is 2.91 bits per heavy atom. The molecular formula is C22H20N8O2. The maximum Gasteiger partial charge on any atom is 0.221 e. The summed E-state index contributed by atoms with van der Waals surface area (Å²) < 4.78 is 12.3. The fourth-order valence-corrected chi connectivity index (χ4v) is 3.25. The maximum absolute atomic E-state index is 5.56. The van der Waals surface area contributed by atoms with Gasteiger partial charge in [0.2, 0.25) is 11.5 Å². The van der Waals surface area contributed by atoms with Gasteiger partial charge in [-0.25, -0.2) is 19.6 Å². The van der Waals surface area contributed by atoms with Crippen molar-refractivity contribution in [3.05, 3.63) is 66.6 Å². The highest BCUT2D eigenvalue weighted by Gasteiger charge is 2.10. The predicted octanol–water partition coefficient (Wildman–Crippen LogP) is 2.98. The normalized spacial score (nSPS) is 11.2. The number of aromatic nitrogens is 7. The van der Waals surface area contributed by atoms with Gasteiger partial charge in [0.15, 0.2) is 11.5 Å². The minimum absolute atomic E-state index is 0.424. The first-order valence-electron chi connectivity index (χ1n) is 10.0. The Labute approximate surface area is 183 Å². The quantitative estimate of drug-likeness (QED) is 0.373. The topological polar surface area (TPSA) is 113 Å². The maximum atomic E-state index is 5.56. The third kappa shape index (κ3) is 4.30. The molecule has 0 aliphatic carbocycles. The van der Waals surface area contributed by atoms with Gasteiger partial charge < -0.3 is 14.8 Å². The molecule has 0 unspecified atom stereocenters. The molecule has 0 atom stereocenters. The van der Waals surface area contributed by atoms with Crippen LogP contribution in [0.25, 0.3) is 22.2 Å². The van der Waals surface area contributed by atoms with Crippen molar-refractivity contribution in [2.75, 3.05) is 25.6 Å². The van der Waals surface area contributed by atoms with E-state index in [4.69, 9.17) is 9.47 Å². The molecule has 5 aromatic rings. The summed E-state index contributed by atoms with van der Waals surface area (Å²) in [5.74, 6) is 1.06. The van der Waals surface area contributed by atoms with Crippen molar-refractivity contribution in [2.45, 2.75) is 6.54 Å². The molecular weight excluding hydrogens is 408 g/mol. The summed E-state index contributed by atoms with van der Waals surface area (Å²) in [4.78, 5) is 17.7. The zero-order valence-electron chi connectivity index (χ0n) is 17.3. The van der Waals surface area contributed by atoms with Gasteiger partial charge in [0.1, 0.15) is 6.61 Å². The molecule has 5 rings (SSSR count). The van der Waals surface area contributed by atoms with Crippen LogP contribution in [0.2, 0.25) is 0 Å². The zero-order chi connectivity index (χ0) is 21.8. The summed E-state index contributed by atoms with van der Waals surface area (Å²) >= 11 is 0.